The van der Waals surface area contributed by atoms with Gasteiger partial charge in [0.15, 0.2) is 0 Å². The van der Waals surface area contributed by atoms with Crippen LogP contribution in [0.4, 0.5) is 4.79 Å². The van der Waals surface area contributed by atoms with Crippen LogP contribution in [0, 0.1) is 12.3 Å². The monoisotopic (exact) mass is 396 g/mol. The van der Waals surface area contributed by atoms with Gasteiger partial charge in [-0.05, 0) is 22.4 Å². The molecule has 0 bridgehead atoms. The summed E-state index contributed by atoms with van der Waals surface area (Å²) in [6.45, 7) is 0.647. The maximum Gasteiger partial charge on any atom is 0.315 e. The highest BCUT2D eigenvalue weighted by atomic mass is 16.2. The molecule has 6 nitrogen and oxygen atoms in total. The van der Waals surface area contributed by atoms with Gasteiger partial charge in [-0.25, -0.2) is 9.48 Å². The summed E-state index contributed by atoms with van der Waals surface area (Å²) < 4.78 is 1.24. The first-order valence-electron chi connectivity index (χ1n) is 9.58. The minimum Gasteiger partial charge on any atom is -0.334 e. The lowest BCUT2D eigenvalue weighted by Gasteiger charge is -2.12. The number of rotatable bonds is 5. The van der Waals surface area contributed by atoms with Crippen LogP contribution in [0.2, 0.25) is 0 Å². The zero-order valence-electron chi connectivity index (χ0n) is 16.3. The molecular formula is C24H20N4O2. The first kappa shape index (κ1) is 19.2. The van der Waals surface area contributed by atoms with Gasteiger partial charge < -0.3 is 10.6 Å². The van der Waals surface area contributed by atoms with Crippen molar-refractivity contribution in [3.05, 3.63) is 88.3 Å². The first-order valence-corrected chi connectivity index (χ1v) is 9.58. The number of fused-ring (bicyclic) bond motifs is 2. The maximum absolute atomic E-state index is 12.5. The Hall–Kier alpha value is -4.11. The van der Waals surface area contributed by atoms with Gasteiger partial charge in [-0.1, -0.05) is 66.6 Å². The second-order valence-corrected chi connectivity index (χ2v) is 6.83. The molecule has 0 unspecified atom stereocenters. The Balaban J connectivity index is 1.49. The standard InChI is InChI=1S/C24H20N4O2/c1-2-14-28-23(29)21-13-6-5-12-20(21)22(27-28)16-26-24(30)25-15-18-10-7-9-17-8-3-4-11-19(17)18/h1,3-13H,14-16H2,(H2,25,26,30). The molecule has 30 heavy (non-hydrogen) atoms. The summed E-state index contributed by atoms with van der Waals surface area (Å²) in [6, 6.07) is 20.9. The number of hydrogen-bond donors (Lipinski definition) is 2. The number of nitrogens with one attached hydrogen (secondary N) is 2. The molecule has 0 radical (unpaired) electrons. The van der Waals surface area contributed by atoms with Gasteiger partial charge in [-0.3, -0.25) is 4.79 Å². The second-order valence-electron chi connectivity index (χ2n) is 6.83. The van der Waals surface area contributed by atoms with E-state index in [2.05, 4.69) is 21.7 Å². The van der Waals surface area contributed by atoms with Crippen molar-refractivity contribution in [1.29, 1.82) is 0 Å². The summed E-state index contributed by atoms with van der Waals surface area (Å²) in [5.74, 6) is 2.44. The van der Waals surface area contributed by atoms with Crippen LogP contribution >= 0.6 is 0 Å². The van der Waals surface area contributed by atoms with Crippen molar-refractivity contribution in [2.45, 2.75) is 19.6 Å². The largest absolute Gasteiger partial charge is 0.334 e. The lowest BCUT2D eigenvalue weighted by molar-refractivity contribution is 0.240. The molecule has 3 aromatic carbocycles. The van der Waals surface area contributed by atoms with Crippen LogP contribution in [0.3, 0.4) is 0 Å². The molecule has 0 aliphatic carbocycles. The van der Waals surface area contributed by atoms with E-state index in [0.29, 0.717) is 23.0 Å². The highest BCUT2D eigenvalue weighted by Gasteiger charge is 2.11. The minimum absolute atomic E-state index is 0.0734. The van der Waals surface area contributed by atoms with E-state index in [1.807, 2.05) is 54.6 Å². The van der Waals surface area contributed by atoms with Crippen molar-refractivity contribution in [2.24, 2.45) is 0 Å². The van der Waals surface area contributed by atoms with Gasteiger partial charge in [0, 0.05) is 11.9 Å². The number of hydrogen-bond acceptors (Lipinski definition) is 3. The molecule has 2 amide bonds. The van der Waals surface area contributed by atoms with Crippen molar-refractivity contribution >= 4 is 27.6 Å². The van der Waals surface area contributed by atoms with Crippen LogP contribution in [0.5, 0.6) is 0 Å². The topological polar surface area (TPSA) is 76.0 Å². The van der Waals surface area contributed by atoms with E-state index in [9.17, 15) is 9.59 Å². The quantitative estimate of drug-likeness (QED) is 0.509. The number of carbonyl (C=O) groups is 1. The zero-order chi connectivity index (χ0) is 20.9. The Morgan fingerprint density at radius 3 is 2.37 bits per heavy atom. The first-order chi connectivity index (χ1) is 14.7. The Labute approximate surface area is 173 Å². The van der Waals surface area contributed by atoms with Crippen LogP contribution in [0.15, 0.2) is 71.5 Å². The van der Waals surface area contributed by atoms with Crippen molar-refractivity contribution in [2.75, 3.05) is 0 Å². The van der Waals surface area contributed by atoms with E-state index >= 15 is 0 Å². The van der Waals surface area contributed by atoms with Gasteiger partial charge in [0.2, 0.25) is 0 Å². The van der Waals surface area contributed by atoms with Crippen LogP contribution < -0.4 is 16.2 Å². The average molecular weight is 396 g/mol. The zero-order valence-corrected chi connectivity index (χ0v) is 16.3. The smallest absolute Gasteiger partial charge is 0.315 e. The summed E-state index contributed by atoms with van der Waals surface area (Å²) in [6.07, 6.45) is 5.35. The van der Waals surface area contributed by atoms with Crippen LogP contribution in [-0.2, 0) is 19.6 Å². The Bertz CT molecular complexity index is 1330. The lowest BCUT2D eigenvalue weighted by Crippen LogP contribution is -2.35. The molecular weight excluding hydrogens is 376 g/mol. The fraction of sp³-hybridized carbons (Fsp3) is 0.125. The summed E-state index contributed by atoms with van der Waals surface area (Å²) in [5.41, 5.74) is 1.38. The minimum atomic E-state index is -0.316. The van der Waals surface area contributed by atoms with E-state index < -0.39 is 0 Å². The average Bonchev–Trinajstić information content (AvgIpc) is 2.79. The van der Waals surface area contributed by atoms with Gasteiger partial charge in [0.25, 0.3) is 5.56 Å². The van der Waals surface area contributed by atoms with Gasteiger partial charge in [-0.15, -0.1) is 6.42 Å². The van der Waals surface area contributed by atoms with E-state index in [4.69, 9.17) is 6.42 Å². The van der Waals surface area contributed by atoms with E-state index in [1.54, 1.807) is 12.1 Å². The predicted molar refractivity (Wildman–Crippen MR) is 118 cm³/mol. The molecule has 2 N–H and O–H groups in total. The molecule has 0 aliphatic rings. The molecule has 4 aromatic rings. The highest BCUT2D eigenvalue weighted by Crippen LogP contribution is 2.18. The third-order valence-electron chi connectivity index (χ3n) is 4.92. The van der Waals surface area contributed by atoms with Gasteiger partial charge >= 0.3 is 6.03 Å². The molecule has 0 saturated heterocycles. The number of urea groups is 1. The number of amides is 2. The normalized spacial score (nSPS) is 10.6. The second kappa shape index (κ2) is 8.50. The number of aromatic nitrogens is 2. The Morgan fingerprint density at radius 1 is 0.900 bits per heavy atom. The van der Waals surface area contributed by atoms with Crippen molar-refractivity contribution < 1.29 is 4.79 Å². The Kier molecular flexibility index (Phi) is 5.44. The SMILES string of the molecule is C#CCn1nc(CNC(=O)NCc2cccc3ccccc23)c2ccccc2c1=O. The molecule has 0 spiro atoms. The maximum atomic E-state index is 12.5. The van der Waals surface area contributed by atoms with Crippen LogP contribution in [0.1, 0.15) is 11.3 Å². The van der Waals surface area contributed by atoms with Crippen molar-refractivity contribution in [3.63, 3.8) is 0 Å². The van der Waals surface area contributed by atoms with Crippen molar-refractivity contribution in [1.82, 2.24) is 20.4 Å². The molecule has 4 rings (SSSR count). The molecule has 6 heteroatoms. The van der Waals surface area contributed by atoms with E-state index in [0.717, 1.165) is 16.3 Å². The molecule has 1 heterocycles. The summed E-state index contributed by atoms with van der Waals surface area (Å²) in [5, 5.41) is 13.5. The molecule has 0 fully saturated rings. The predicted octanol–water partition coefficient (Wildman–Crippen LogP) is 3.18. The summed E-state index contributed by atoms with van der Waals surface area (Å²) >= 11 is 0. The highest BCUT2D eigenvalue weighted by molar-refractivity contribution is 5.86. The molecule has 0 atom stereocenters. The van der Waals surface area contributed by atoms with Gasteiger partial charge in [-0.2, -0.15) is 5.10 Å². The third kappa shape index (κ3) is 3.87. The number of nitrogens with zero attached hydrogens (tertiary/aromatic N) is 2. The third-order valence-corrected chi connectivity index (χ3v) is 4.92. The molecule has 1 aromatic heterocycles. The van der Waals surface area contributed by atoms with Gasteiger partial charge in [0.05, 0.1) is 17.6 Å². The van der Waals surface area contributed by atoms with Crippen LogP contribution in [-0.4, -0.2) is 15.8 Å². The van der Waals surface area contributed by atoms with Crippen LogP contribution in [0.25, 0.3) is 21.5 Å². The Morgan fingerprint density at radius 2 is 1.57 bits per heavy atom. The van der Waals surface area contributed by atoms with E-state index in [-0.39, 0.29) is 24.7 Å². The fourth-order valence-electron chi connectivity index (χ4n) is 3.48. The summed E-state index contributed by atoms with van der Waals surface area (Å²) in [7, 11) is 0. The lowest BCUT2D eigenvalue weighted by atomic mass is 10.0. The van der Waals surface area contributed by atoms with E-state index in [1.165, 1.54) is 4.68 Å². The molecule has 148 valence electrons. The van der Waals surface area contributed by atoms with Crippen molar-refractivity contribution in [3.8, 4) is 12.3 Å². The van der Waals surface area contributed by atoms with Gasteiger partial charge in [0.1, 0.15) is 6.54 Å². The number of carbonyl (C=O) groups excluding carboxylic acids is 1. The summed E-state index contributed by atoms with van der Waals surface area (Å²) in [4.78, 5) is 24.9. The molecule has 0 aliphatic heterocycles. The number of terminal acetylenes is 1. The fourth-order valence-corrected chi connectivity index (χ4v) is 3.48. The molecule has 0 saturated carbocycles. The number of benzene rings is 3.